The van der Waals surface area contributed by atoms with E-state index in [1.807, 2.05) is 30.3 Å². The molecule has 0 amide bonds. The lowest BCUT2D eigenvalue weighted by molar-refractivity contribution is -0.336. The molecule has 0 atom stereocenters. The van der Waals surface area contributed by atoms with Crippen LogP contribution in [0.15, 0.2) is 30.3 Å². The van der Waals surface area contributed by atoms with Crippen LogP contribution in [0.2, 0.25) is 0 Å². The van der Waals surface area contributed by atoms with E-state index >= 15 is 0 Å². The number of hydrogen-bond donors (Lipinski definition) is 0. The van der Waals surface area contributed by atoms with Gasteiger partial charge >= 0.3 is 5.97 Å². The highest BCUT2D eigenvalue weighted by Gasteiger charge is 2.02. The van der Waals surface area contributed by atoms with Crippen LogP contribution in [-0.2, 0) is 21.1 Å². The molecule has 0 unspecified atom stereocenters. The number of rotatable bonds is 4. The topological polar surface area (TPSA) is 38.8 Å². The second-order valence-electron chi connectivity index (χ2n) is 2.78. The van der Waals surface area contributed by atoms with Gasteiger partial charge < -0.3 is 4.84 Å². The first-order chi connectivity index (χ1) is 6.68. The molecular weight excluding hydrogens is 182 g/mol. The molecule has 4 nitrogen and oxygen atoms in total. The summed E-state index contributed by atoms with van der Waals surface area (Å²) in [6.07, 6.45) is 0. The monoisotopic (exact) mass is 195 g/mol. The van der Waals surface area contributed by atoms with Crippen molar-refractivity contribution in [1.29, 1.82) is 0 Å². The first kappa shape index (κ1) is 10.7. The van der Waals surface area contributed by atoms with Gasteiger partial charge in [0.25, 0.3) is 0 Å². The molecule has 0 aliphatic rings. The lowest BCUT2D eigenvalue weighted by atomic mass is 10.2. The molecular formula is C10H13NO3. The van der Waals surface area contributed by atoms with E-state index in [4.69, 9.17) is 4.84 Å². The molecule has 14 heavy (non-hydrogen) atoms. The van der Waals surface area contributed by atoms with Crippen molar-refractivity contribution in [1.82, 2.24) is 5.23 Å². The van der Waals surface area contributed by atoms with Crippen molar-refractivity contribution in [3.63, 3.8) is 0 Å². The summed E-state index contributed by atoms with van der Waals surface area (Å²) in [7, 11) is 1.53. The van der Waals surface area contributed by atoms with Gasteiger partial charge in [0.15, 0.2) is 0 Å². The highest BCUT2D eigenvalue weighted by Crippen LogP contribution is 2.01. The summed E-state index contributed by atoms with van der Waals surface area (Å²) in [5.74, 6) is -0.402. The van der Waals surface area contributed by atoms with Gasteiger partial charge in [0.2, 0.25) is 0 Å². The van der Waals surface area contributed by atoms with E-state index in [9.17, 15) is 4.79 Å². The average molecular weight is 195 g/mol. The quantitative estimate of drug-likeness (QED) is 0.683. The van der Waals surface area contributed by atoms with Crippen LogP contribution < -0.4 is 0 Å². The van der Waals surface area contributed by atoms with Crippen molar-refractivity contribution in [2.24, 2.45) is 0 Å². The van der Waals surface area contributed by atoms with Gasteiger partial charge in [-0.25, -0.2) is 0 Å². The molecule has 0 spiro atoms. The van der Waals surface area contributed by atoms with Crippen molar-refractivity contribution in [2.75, 3.05) is 7.05 Å². The second kappa shape index (κ2) is 5.36. The Morgan fingerprint density at radius 1 is 1.36 bits per heavy atom. The molecule has 0 aliphatic heterocycles. The van der Waals surface area contributed by atoms with Gasteiger partial charge in [-0.15, -0.1) is 0 Å². The smallest absolute Gasteiger partial charge is 0.325 e. The third kappa shape index (κ3) is 4.02. The predicted octanol–water partition coefficient (Wildman–Crippen LogP) is 1.53. The van der Waals surface area contributed by atoms with Crippen LogP contribution in [0, 0.1) is 0 Å². The molecule has 0 aromatic heterocycles. The first-order valence-corrected chi connectivity index (χ1v) is 4.27. The van der Waals surface area contributed by atoms with Crippen LogP contribution >= 0.6 is 0 Å². The summed E-state index contributed by atoms with van der Waals surface area (Å²) in [5.41, 5.74) is 1.02. The molecule has 1 rings (SSSR count). The SMILES string of the molecule is CC(=O)ON(C)OCc1ccccc1. The summed E-state index contributed by atoms with van der Waals surface area (Å²) in [6, 6.07) is 9.64. The largest absolute Gasteiger partial charge is 0.343 e. The van der Waals surface area contributed by atoms with Gasteiger partial charge in [0.05, 0.1) is 13.7 Å². The number of carbonyl (C=O) groups excluding carboxylic acids is 1. The van der Waals surface area contributed by atoms with Crippen molar-refractivity contribution in [2.45, 2.75) is 13.5 Å². The summed E-state index contributed by atoms with van der Waals surface area (Å²) < 4.78 is 0. The van der Waals surface area contributed by atoms with Crippen LogP contribution in [0.1, 0.15) is 12.5 Å². The fourth-order valence-corrected chi connectivity index (χ4v) is 0.947. The standard InChI is InChI=1S/C10H13NO3/c1-9(12)14-11(2)13-8-10-6-4-3-5-7-10/h3-7H,8H2,1-2H3. The molecule has 0 N–H and O–H groups in total. The summed E-state index contributed by atoms with van der Waals surface area (Å²) >= 11 is 0. The molecule has 0 saturated carbocycles. The maximum Gasteiger partial charge on any atom is 0.325 e. The van der Waals surface area contributed by atoms with E-state index in [2.05, 4.69) is 4.84 Å². The van der Waals surface area contributed by atoms with Gasteiger partial charge in [0.1, 0.15) is 0 Å². The average Bonchev–Trinajstić information content (AvgIpc) is 2.15. The fraction of sp³-hybridized carbons (Fsp3) is 0.300. The van der Waals surface area contributed by atoms with Crippen molar-refractivity contribution in [3.05, 3.63) is 35.9 Å². The van der Waals surface area contributed by atoms with Crippen molar-refractivity contribution in [3.8, 4) is 0 Å². The molecule has 1 aromatic carbocycles. The second-order valence-corrected chi connectivity index (χ2v) is 2.78. The molecule has 76 valence electrons. The van der Waals surface area contributed by atoms with Crippen LogP contribution in [0.4, 0.5) is 0 Å². The van der Waals surface area contributed by atoms with Crippen LogP contribution in [0.3, 0.4) is 0 Å². The van der Waals surface area contributed by atoms with Gasteiger partial charge in [-0.05, 0) is 10.8 Å². The van der Waals surface area contributed by atoms with Gasteiger partial charge in [0, 0.05) is 6.92 Å². The molecule has 0 heterocycles. The minimum atomic E-state index is -0.402. The summed E-state index contributed by atoms with van der Waals surface area (Å²) in [6.45, 7) is 1.70. The van der Waals surface area contributed by atoms with Crippen molar-refractivity contribution < 1.29 is 14.5 Å². The third-order valence-electron chi connectivity index (χ3n) is 1.51. The van der Waals surface area contributed by atoms with Crippen LogP contribution in [0.5, 0.6) is 0 Å². The number of nitrogens with zero attached hydrogens (tertiary/aromatic N) is 1. The Bertz CT molecular complexity index is 287. The Labute approximate surface area is 82.9 Å². The maximum absolute atomic E-state index is 10.5. The highest BCUT2D eigenvalue weighted by atomic mass is 17.0. The Morgan fingerprint density at radius 3 is 2.57 bits per heavy atom. The maximum atomic E-state index is 10.5. The zero-order chi connectivity index (χ0) is 10.4. The molecule has 1 aromatic rings. The Hall–Kier alpha value is -1.39. The number of carbonyl (C=O) groups is 1. The normalized spacial score (nSPS) is 10.2. The zero-order valence-corrected chi connectivity index (χ0v) is 8.27. The summed E-state index contributed by atoms with van der Waals surface area (Å²) in [4.78, 5) is 20.3. The highest BCUT2D eigenvalue weighted by molar-refractivity contribution is 5.65. The van der Waals surface area contributed by atoms with E-state index in [-0.39, 0.29) is 0 Å². The van der Waals surface area contributed by atoms with E-state index in [1.165, 1.54) is 14.0 Å². The summed E-state index contributed by atoms with van der Waals surface area (Å²) in [5, 5.41) is 1.05. The van der Waals surface area contributed by atoms with Gasteiger partial charge in [-0.3, -0.25) is 9.63 Å². The third-order valence-corrected chi connectivity index (χ3v) is 1.51. The van der Waals surface area contributed by atoms with E-state index in [1.54, 1.807) is 0 Å². The Balaban J connectivity index is 2.30. The first-order valence-electron chi connectivity index (χ1n) is 4.27. The molecule has 0 aliphatic carbocycles. The molecule has 0 bridgehead atoms. The lowest BCUT2D eigenvalue weighted by Gasteiger charge is -2.14. The van der Waals surface area contributed by atoms with Crippen molar-refractivity contribution >= 4 is 5.97 Å². The van der Waals surface area contributed by atoms with Crippen LogP contribution in [-0.4, -0.2) is 18.2 Å². The number of hydroxylamine groups is 2. The Kier molecular flexibility index (Phi) is 4.10. The minimum Gasteiger partial charge on any atom is -0.343 e. The predicted molar refractivity (Wildman–Crippen MR) is 50.8 cm³/mol. The van der Waals surface area contributed by atoms with E-state index in [0.717, 1.165) is 10.8 Å². The van der Waals surface area contributed by atoms with Gasteiger partial charge in [-0.1, -0.05) is 30.3 Å². The lowest BCUT2D eigenvalue weighted by Crippen LogP contribution is -2.21. The molecule has 0 saturated heterocycles. The molecule has 0 fully saturated rings. The number of benzene rings is 1. The van der Waals surface area contributed by atoms with Crippen LogP contribution in [0.25, 0.3) is 0 Å². The minimum absolute atomic E-state index is 0.380. The van der Waals surface area contributed by atoms with Gasteiger partial charge in [-0.2, -0.15) is 0 Å². The fourth-order valence-electron chi connectivity index (χ4n) is 0.947. The molecule has 0 radical (unpaired) electrons. The molecule has 4 heteroatoms. The Morgan fingerprint density at radius 2 is 2.00 bits per heavy atom. The zero-order valence-electron chi connectivity index (χ0n) is 8.27. The van der Waals surface area contributed by atoms with E-state index < -0.39 is 5.97 Å². The van der Waals surface area contributed by atoms with E-state index in [0.29, 0.717) is 6.61 Å². The number of hydrogen-bond acceptors (Lipinski definition) is 4.